The second kappa shape index (κ2) is 11.6. The van der Waals surface area contributed by atoms with E-state index in [9.17, 15) is 8.42 Å². The van der Waals surface area contributed by atoms with Crippen LogP contribution in [-0.2, 0) is 21.3 Å². The Labute approximate surface area is 246 Å². The molecule has 3 aromatic heterocycles. The lowest BCUT2D eigenvalue weighted by molar-refractivity contribution is 0.0337. The third kappa shape index (κ3) is 5.69. The maximum absolute atomic E-state index is 13.5. The SMILES string of the molecule is CC1CC(Nc2cc3nc(CN4CCOCC4)ccc3c(NC3C[C@H]4CC[C@@H](C3)N4S(=O)(=O)c3cccnc3)n2)NN1. The number of hydrazine groups is 1. The van der Waals surface area contributed by atoms with Gasteiger partial charge < -0.3 is 15.4 Å². The van der Waals surface area contributed by atoms with Gasteiger partial charge in [-0.1, -0.05) is 0 Å². The van der Waals surface area contributed by atoms with Gasteiger partial charge in [-0.05, 0) is 63.3 Å². The number of anilines is 2. The first kappa shape index (κ1) is 27.9. The predicted molar refractivity (Wildman–Crippen MR) is 160 cm³/mol. The molecule has 42 heavy (non-hydrogen) atoms. The molecule has 224 valence electrons. The molecule has 0 aliphatic carbocycles. The molecule has 4 saturated heterocycles. The summed E-state index contributed by atoms with van der Waals surface area (Å²) in [6, 6.07) is 9.92. The number of hydrogen-bond donors (Lipinski definition) is 4. The quantitative estimate of drug-likeness (QED) is 0.306. The minimum atomic E-state index is -3.59. The third-order valence-electron chi connectivity index (χ3n) is 8.86. The van der Waals surface area contributed by atoms with E-state index in [0.717, 1.165) is 93.2 Å². The van der Waals surface area contributed by atoms with Crippen LogP contribution in [0.15, 0.2) is 47.6 Å². The summed E-state index contributed by atoms with van der Waals surface area (Å²) in [6.45, 7) is 6.25. The van der Waals surface area contributed by atoms with Crippen molar-refractivity contribution in [3.63, 3.8) is 0 Å². The molecule has 4 aliphatic heterocycles. The molecule has 0 aromatic carbocycles. The van der Waals surface area contributed by atoms with Crippen LogP contribution in [0.4, 0.5) is 11.6 Å². The Morgan fingerprint density at radius 2 is 1.83 bits per heavy atom. The highest BCUT2D eigenvalue weighted by Crippen LogP contribution is 2.41. The zero-order valence-corrected chi connectivity index (χ0v) is 24.7. The van der Waals surface area contributed by atoms with Gasteiger partial charge in [-0.3, -0.25) is 20.3 Å². The van der Waals surface area contributed by atoms with Crippen LogP contribution in [-0.4, -0.2) is 89.2 Å². The van der Waals surface area contributed by atoms with Gasteiger partial charge in [0.1, 0.15) is 16.5 Å². The van der Waals surface area contributed by atoms with Gasteiger partial charge in [-0.15, -0.1) is 0 Å². The van der Waals surface area contributed by atoms with Crippen molar-refractivity contribution in [1.82, 2.24) is 35.0 Å². The van der Waals surface area contributed by atoms with Crippen LogP contribution in [0.5, 0.6) is 0 Å². The smallest absolute Gasteiger partial charge is 0.245 e. The fraction of sp³-hybridized carbons (Fsp3) is 0.552. The predicted octanol–water partition coefficient (Wildman–Crippen LogP) is 2.28. The van der Waals surface area contributed by atoms with Gasteiger partial charge in [0.25, 0.3) is 0 Å². The van der Waals surface area contributed by atoms with Crippen LogP contribution in [0.2, 0.25) is 0 Å². The molecule has 3 aromatic rings. The molecule has 4 aliphatic rings. The standard InChI is InChI=1S/C29H39N9O3S/c1-19-13-28(36-35-19)33-27-16-26-25(7-4-20(31-26)18-37-9-11-41-12-10-37)29(34-27)32-21-14-22-5-6-23(15-21)38(22)42(39,40)24-3-2-8-30-17-24/h2-4,7-8,16-17,19,21-23,28,35-36H,5-6,9-15,18H2,1H3,(H2,32,33,34)/t19?,21?,22-,23+,28?. The highest BCUT2D eigenvalue weighted by atomic mass is 32.2. The van der Waals surface area contributed by atoms with Crippen molar-refractivity contribution in [3.8, 4) is 0 Å². The van der Waals surface area contributed by atoms with E-state index in [4.69, 9.17) is 14.7 Å². The number of piperidine rings is 1. The zero-order valence-electron chi connectivity index (χ0n) is 23.9. The van der Waals surface area contributed by atoms with Crippen molar-refractivity contribution in [1.29, 1.82) is 0 Å². The van der Waals surface area contributed by atoms with E-state index in [2.05, 4.69) is 50.4 Å². The largest absolute Gasteiger partial charge is 0.379 e. The highest BCUT2D eigenvalue weighted by Gasteiger charge is 2.47. The van der Waals surface area contributed by atoms with Gasteiger partial charge in [-0.25, -0.2) is 18.8 Å². The second-order valence-corrected chi connectivity index (χ2v) is 13.8. The summed E-state index contributed by atoms with van der Waals surface area (Å²) in [7, 11) is -3.59. The molecule has 12 nitrogen and oxygen atoms in total. The number of pyridine rings is 3. The first-order chi connectivity index (χ1) is 20.4. The summed E-state index contributed by atoms with van der Waals surface area (Å²) in [5.41, 5.74) is 8.47. The lowest BCUT2D eigenvalue weighted by Crippen LogP contribution is -2.49. The average Bonchev–Trinajstić information content (AvgIpc) is 3.53. The number of sulfonamides is 1. The first-order valence-electron chi connectivity index (χ1n) is 15.0. The van der Waals surface area contributed by atoms with Gasteiger partial charge in [0.05, 0.1) is 30.6 Å². The molecule has 13 heteroatoms. The van der Waals surface area contributed by atoms with Gasteiger partial charge in [0.15, 0.2) is 0 Å². The number of ether oxygens (including phenoxy) is 1. The molecular formula is C29H39N9O3S. The van der Waals surface area contributed by atoms with Crippen molar-refractivity contribution in [2.75, 3.05) is 36.9 Å². The number of rotatable bonds is 8. The fourth-order valence-corrected chi connectivity index (χ4v) is 8.73. The van der Waals surface area contributed by atoms with Crippen molar-refractivity contribution >= 4 is 32.6 Å². The summed E-state index contributed by atoms with van der Waals surface area (Å²) in [5.74, 6) is 1.54. The summed E-state index contributed by atoms with van der Waals surface area (Å²) in [5, 5.41) is 8.22. The van der Waals surface area contributed by atoms with Crippen LogP contribution >= 0.6 is 0 Å². The molecule has 0 saturated carbocycles. The van der Waals surface area contributed by atoms with Crippen LogP contribution in [0.25, 0.3) is 10.9 Å². The number of aromatic nitrogens is 3. The Morgan fingerprint density at radius 3 is 2.55 bits per heavy atom. The third-order valence-corrected chi connectivity index (χ3v) is 10.9. The van der Waals surface area contributed by atoms with E-state index in [1.807, 2.05) is 6.07 Å². The molecule has 7 heterocycles. The maximum Gasteiger partial charge on any atom is 0.245 e. The highest BCUT2D eigenvalue weighted by molar-refractivity contribution is 7.89. The van der Waals surface area contributed by atoms with E-state index in [-0.39, 0.29) is 29.2 Å². The molecular weight excluding hydrogens is 554 g/mol. The molecule has 7 rings (SSSR count). The van der Waals surface area contributed by atoms with Crippen LogP contribution in [0.3, 0.4) is 0 Å². The molecule has 0 radical (unpaired) electrons. The van der Waals surface area contributed by atoms with Crippen molar-refractivity contribution < 1.29 is 13.2 Å². The lowest BCUT2D eigenvalue weighted by atomic mass is 9.99. The monoisotopic (exact) mass is 593 g/mol. The number of hydrogen-bond acceptors (Lipinski definition) is 11. The Kier molecular flexibility index (Phi) is 7.71. The average molecular weight is 594 g/mol. The number of nitrogens with one attached hydrogen (secondary N) is 4. The minimum Gasteiger partial charge on any atom is -0.379 e. The maximum atomic E-state index is 13.5. The minimum absolute atomic E-state index is 0.0486. The van der Waals surface area contributed by atoms with E-state index in [0.29, 0.717) is 6.04 Å². The molecule has 4 fully saturated rings. The van der Waals surface area contributed by atoms with E-state index >= 15 is 0 Å². The molecule has 2 bridgehead atoms. The summed E-state index contributed by atoms with van der Waals surface area (Å²) < 4.78 is 34.3. The summed E-state index contributed by atoms with van der Waals surface area (Å²) in [6.07, 6.45) is 7.22. The van der Waals surface area contributed by atoms with E-state index < -0.39 is 10.0 Å². The normalized spacial score (nSPS) is 28.7. The molecule has 0 amide bonds. The lowest BCUT2D eigenvalue weighted by Gasteiger charge is -2.38. The molecule has 5 atom stereocenters. The summed E-state index contributed by atoms with van der Waals surface area (Å²) >= 11 is 0. The van der Waals surface area contributed by atoms with Gasteiger partial charge >= 0.3 is 0 Å². The number of nitrogens with zero attached hydrogens (tertiary/aromatic N) is 5. The van der Waals surface area contributed by atoms with Gasteiger partial charge in [0.2, 0.25) is 10.0 Å². The van der Waals surface area contributed by atoms with Crippen LogP contribution in [0.1, 0.15) is 44.7 Å². The van der Waals surface area contributed by atoms with E-state index in [1.54, 1.807) is 22.6 Å². The fourth-order valence-electron chi connectivity index (χ4n) is 6.88. The number of fused-ring (bicyclic) bond motifs is 3. The summed E-state index contributed by atoms with van der Waals surface area (Å²) in [4.78, 5) is 16.8. The Morgan fingerprint density at radius 1 is 1.02 bits per heavy atom. The topological polar surface area (TPSA) is 137 Å². The van der Waals surface area contributed by atoms with E-state index in [1.165, 1.54) is 6.20 Å². The van der Waals surface area contributed by atoms with Crippen molar-refractivity contribution in [3.05, 3.63) is 48.4 Å². The van der Waals surface area contributed by atoms with Crippen molar-refractivity contribution in [2.45, 2.75) is 80.8 Å². The van der Waals surface area contributed by atoms with Gasteiger partial charge in [-0.2, -0.15) is 4.31 Å². The van der Waals surface area contributed by atoms with Crippen LogP contribution in [0, 0.1) is 0 Å². The number of morpholine rings is 1. The molecule has 0 spiro atoms. The zero-order chi connectivity index (χ0) is 28.7. The Bertz CT molecular complexity index is 1500. The molecule has 3 unspecified atom stereocenters. The first-order valence-corrected chi connectivity index (χ1v) is 16.4. The van der Waals surface area contributed by atoms with Crippen LogP contribution < -0.4 is 21.5 Å². The van der Waals surface area contributed by atoms with Gasteiger partial charge in [0, 0.05) is 67.6 Å². The van der Waals surface area contributed by atoms with Crippen molar-refractivity contribution in [2.24, 2.45) is 0 Å². The second-order valence-electron chi connectivity index (χ2n) is 12.0. The Hall–Kier alpha value is -2.94. The Balaban J connectivity index is 1.14. The molecule has 4 N–H and O–H groups in total.